The highest BCUT2D eigenvalue weighted by Crippen LogP contribution is 1.92. The molecule has 0 aliphatic rings. The van der Waals surface area contributed by atoms with Crippen LogP contribution in [0.25, 0.3) is 0 Å². The van der Waals surface area contributed by atoms with Gasteiger partial charge in [-0.05, 0) is 0 Å². The molecule has 0 radical (unpaired) electrons. The summed E-state index contributed by atoms with van der Waals surface area (Å²) in [7, 11) is 5.77. The van der Waals surface area contributed by atoms with E-state index in [9.17, 15) is 4.79 Å². The van der Waals surface area contributed by atoms with Gasteiger partial charge in [0.1, 0.15) is 6.54 Å². The summed E-state index contributed by atoms with van der Waals surface area (Å²) in [5, 5.41) is 11.3. The minimum absolute atomic E-state index is 0. The number of carbonyl (C=O) groups excluding carboxylic acids is 1. The SMILES string of the molecule is CC(=O)/C(C[N+](C)(C)C)=N\O.[I-]. The zero-order chi connectivity index (χ0) is 9.07. The molecule has 0 amide bonds. The lowest BCUT2D eigenvalue weighted by molar-refractivity contribution is -0.860. The number of hydrogen-bond acceptors (Lipinski definition) is 3. The Bertz CT molecular complexity index is 184. The van der Waals surface area contributed by atoms with Gasteiger partial charge >= 0.3 is 0 Å². The fourth-order valence-electron chi connectivity index (χ4n) is 0.663. The lowest BCUT2D eigenvalue weighted by atomic mass is 10.2. The molecule has 12 heavy (non-hydrogen) atoms. The molecule has 0 aliphatic carbocycles. The van der Waals surface area contributed by atoms with Crippen LogP contribution in [0.3, 0.4) is 0 Å². The second kappa shape index (κ2) is 5.47. The lowest BCUT2D eigenvalue weighted by Gasteiger charge is -2.22. The topological polar surface area (TPSA) is 49.7 Å². The van der Waals surface area contributed by atoms with Crippen LogP contribution in [-0.4, -0.2) is 48.9 Å². The van der Waals surface area contributed by atoms with E-state index < -0.39 is 0 Å². The van der Waals surface area contributed by atoms with Crippen molar-refractivity contribution in [3.8, 4) is 0 Å². The van der Waals surface area contributed by atoms with Crippen molar-refractivity contribution < 1.29 is 38.5 Å². The fourth-order valence-corrected chi connectivity index (χ4v) is 0.663. The Morgan fingerprint density at radius 3 is 1.92 bits per heavy atom. The number of carbonyl (C=O) groups is 1. The molecule has 0 unspecified atom stereocenters. The number of quaternary nitrogens is 1. The van der Waals surface area contributed by atoms with Gasteiger partial charge in [0, 0.05) is 6.92 Å². The maximum Gasteiger partial charge on any atom is 0.183 e. The van der Waals surface area contributed by atoms with Crippen LogP contribution in [0.15, 0.2) is 5.16 Å². The van der Waals surface area contributed by atoms with Gasteiger partial charge in [-0.25, -0.2) is 0 Å². The largest absolute Gasteiger partial charge is 1.00 e. The van der Waals surface area contributed by atoms with Gasteiger partial charge in [-0.3, -0.25) is 4.79 Å². The number of halogens is 1. The minimum Gasteiger partial charge on any atom is -1.00 e. The van der Waals surface area contributed by atoms with Crippen LogP contribution < -0.4 is 24.0 Å². The highest BCUT2D eigenvalue weighted by atomic mass is 127. The Kier molecular flexibility index (Phi) is 6.55. The first-order valence-corrected chi connectivity index (χ1v) is 3.39. The van der Waals surface area contributed by atoms with Crippen molar-refractivity contribution in [2.45, 2.75) is 6.92 Å². The number of nitrogens with zero attached hydrogens (tertiary/aromatic N) is 2. The van der Waals surface area contributed by atoms with Crippen LogP contribution in [0, 0.1) is 0 Å². The zero-order valence-electron chi connectivity index (χ0n) is 7.83. The molecule has 0 spiro atoms. The van der Waals surface area contributed by atoms with E-state index >= 15 is 0 Å². The number of oxime groups is 1. The average Bonchev–Trinajstić information content (AvgIpc) is 1.80. The van der Waals surface area contributed by atoms with Gasteiger partial charge in [-0.15, -0.1) is 0 Å². The molecule has 0 aromatic rings. The van der Waals surface area contributed by atoms with Crippen molar-refractivity contribution in [1.82, 2.24) is 0 Å². The standard InChI is InChI=1S/C7H14N2O2.HI/c1-6(10)7(8-11)5-9(2,3)4;/h5H2,1-4H3;1H. The number of hydrogen-bond donors (Lipinski definition) is 1. The van der Waals surface area contributed by atoms with Gasteiger partial charge in [0.25, 0.3) is 0 Å². The molecule has 0 saturated heterocycles. The van der Waals surface area contributed by atoms with Gasteiger partial charge in [0.05, 0.1) is 21.1 Å². The Morgan fingerprint density at radius 2 is 1.83 bits per heavy atom. The zero-order valence-corrected chi connectivity index (χ0v) is 9.99. The Hall–Kier alpha value is -0.170. The highest BCUT2D eigenvalue weighted by molar-refractivity contribution is 6.39. The van der Waals surface area contributed by atoms with Crippen LogP contribution >= 0.6 is 0 Å². The molecule has 0 bridgehead atoms. The summed E-state index contributed by atoms with van der Waals surface area (Å²) >= 11 is 0. The second-order valence-corrected chi connectivity index (χ2v) is 3.55. The third-order valence-electron chi connectivity index (χ3n) is 1.15. The molecule has 0 aromatic heterocycles. The van der Waals surface area contributed by atoms with E-state index in [1.807, 2.05) is 21.1 Å². The van der Waals surface area contributed by atoms with Crippen LogP contribution in [0.2, 0.25) is 0 Å². The summed E-state index contributed by atoms with van der Waals surface area (Å²) in [6, 6.07) is 0. The monoisotopic (exact) mass is 286 g/mol. The maximum atomic E-state index is 10.8. The van der Waals surface area contributed by atoms with E-state index in [4.69, 9.17) is 5.21 Å². The smallest absolute Gasteiger partial charge is 0.183 e. The van der Waals surface area contributed by atoms with E-state index in [0.717, 1.165) is 0 Å². The second-order valence-electron chi connectivity index (χ2n) is 3.55. The molecule has 0 aliphatic heterocycles. The van der Waals surface area contributed by atoms with E-state index in [-0.39, 0.29) is 35.5 Å². The molecule has 5 heteroatoms. The summed E-state index contributed by atoms with van der Waals surface area (Å²) in [6.45, 7) is 1.84. The summed E-state index contributed by atoms with van der Waals surface area (Å²) in [5.74, 6) is -0.180. The Morgan fingerprint density at radius 1 is 1.42 bits per heavy atom. The van der Waals surface area contributed by atoms with Crippen molar-refractivity contribution in [2.75, 3.05) is 27.7 Å². The summed E-state index contributed by atoms with van der Waals surface area (Å²) in [5.41, 5.74) is 0.220. The molecule has 72 valence electrons. The van der Waals surface area contributed by atoms with Gasteiger partial charge < -0.3 is 33.7 Å². The third kappa shape index (κ3) is 6.53. The maximum absolute atomic E-state index is 10.8. The summed E-state index contributed by atoms with van der Waals surface area (Å²) in [4.78, 5) is 10.8. The van der Waals surface area contributed by atoms with E-state index in [1.165, 1.54) is 6.92 Å². The number of rotatable bonds is 3. The molecular weight excluding hydrogens is 271 g/mol. The van der Waals surface area contributed by atoms with E-state index in [1.54, 1.807) is 0 Å². The predicted molar refractivity (Wildman–Crippen MR) is 42.8 cm³/mol. The van der Waals surface area contributed by atoms with Gasteiger partial charge in [0.2, 0.25) is 0 Å². The van der Waals surface area contributed by atoms with E-state index in [0.29, 0.717) is 11.0 Å². The third-order valence-corrected chi connectivity index (χ3v) is 1.15. The number of Topliss-reactive ketones (excluding diaryl/α,β-unsaturated/α-hetero) is 1. The Labute approximate surface area is 89.8 Å². The van der Waals surface area contributed by atoms with Gasteiger partial charge in [0.15, 0.2) is 11.5 Å². The molecule has 0 heterocycles. The molecule has 0 aromatic carbocycles. The Balaban J connectivity index is 0. The van der Waals surface area contributed by atoms with Gasteiger partial charge in [-0.2, -0.15) is 0 Å². The predicted octanol–water partition coefficient (Wildman–Crippen LogP) is -2.88. The summed E-state index contributed by atoms with van der Waals surface area (Å²) in [6.07, 6.45) is 0. The first-order valence-electron chi connectivity index (χ1n) is 3.39. The van der Waals surface area contributed by atoms with Crippen molar-refractivity contribution in [2.24, 2.45) is 5.16 Å². The summed E-state index contributed by atoms with van der Waals surface area (Å²) < 4.78 is 0.582. The molecular formula is C7H15IN2O2. The normalized spacial score (nSPS) is 12.2. The van der Waals surface area contributed by atoms with Gasteiger partial charge in [-0.1, -0.05) is 5.16 Å². The quantitative estimate of drug-likeness (QED) is 0.199. The van der Waals surface area contributed by atoms with Crippen molar-refractivity contribution in [3.05, 3.63) is 0 Å². The molecule has 4 nitrogen and oxygen atoms in total. The first-order chi connectivity index (χ1) is 4.87. The molecule has 0 saturated carbocycles. The van der Waals surface area contributed by atoms with Crippen molar-refractivity contribution >= 4 is 11.5 Å². The van der Waals surface area contributed by atoms with Crippen LogP contribution in [0.1, 0.15) is 6.92 Å². The molecule has 0 fully saturated rings. The minimum atomic E-state index is -0.180. The molecule has 1 N–H and O–H groups in total. The average molecular weight is 286 g/mol. The number of ketones is 1. The lowest BCUT2D eigenvalue weighted by Crippen LogP contribution is -3.00. The van der Waals surface area contributed by atoms with Crippen LogP contribution in [-0.2, 0) is 4.79 Å². The molecule has 0 atom stereocenters. The van der Waals surface area contributed by atoms with Crippen molar-refractivity contribution in [3.63, 3.8) is 0 Å². The van der Waals surface area contributed by atoms with E-state index in [2.05, 4.69) is 5.16 Å². The highest BCUT2D eigenvalue weighted by Gasteiger charge is 2.16. The molecule has 0 rings (SSSR count). The fraction of sp³-hybridized carbons (Fsp3) is 0.714. The van der Waals surface area contributed by atoms with Crippen LogP contribution in [0.5, 0.6) is 0 Å². The van der Waals surface area contributed by atoms with Crippen molar-refractivity contribution in [1.29, 1.82) is 0 Å². The first kappa shape index (κ1) is 14.4. The van der Waals surface area contributed by atoms with Crippen LogP contribution in [0.4, 0.5) is 0 Å².